The average Bonchev–Trinajstić information content (AvgIpc) is 3.27. The van der Waals surface area contributed by atoms with Gasteiger partial charge in [0.25, 0.3) is 5.91 Å². The van der Waals surface area contributed by atoms with Crippen LogP contribution >= 0.6 is 11.3 Å². The molecule has 2 N–H and O–H groups in total. The van der Waals surface area contributed by atoms with Crippen molar-refractivity contribution in [2.75, 3.05) is 39.4 Å². The number of ether oxygens (including phenoxy) is 1. The maximum Gasteiger partial charge on any atom is 0.261 e. The molecule has 1 aromatic heterocycles. The van der Waals surface area contributed by atoms with E-state index < -0.39 is 0 Å². The lowest BCUT2D eigenvalue weighted by Crippen LogP contribution is -2.38. The van der Waals surface area contributed by atoms with Crippen LogP contribution in [-0.4, -0.2) is 61.6 Å². The summed E-state index contributed by atoms with van der Waals surface area (Å²) in [5, 5.41) is 14.4. The molecule has 0 radical (unpaired) electrons. The Balaban J connectivity index is 1.39. The number of morpholine rings is 1. The third-order valence-corrected chi connectivity index (χ3v) is 6.44. The minimum atomic E-state index is -0.0535. The van der Waals surface area contributed by atoms with Gasteiger partial charge in [0.2, 0.25) is 0 Å². The van der Waals surface area contributed by atoms with E-state index in [2.05, 4.69) is 10.2 Å². The molecule has 0 spiro atoms. The molecule has 1 aliphatic rings. The second-order valence-electron chi connectivity index (χ2n) is 7.28. The number of rotatable bonds is 7. The number of carbonyl (C=O) groups is 2. The minimum absolute atomic E-state index is 0.0195. The molecule has 7 heteroatoms. The van der Waals surface area contributed by atoms with Gasteiger partial charge < -0.3 is 15.2 Å². The van der Waals surface area contributed by atoms with E-state index in [1.807, 2.05) is 30.3 Å². The van der Waals surface area contributed by atoms with Gasteiger partial charge in [-0.2, -0.15) is 0 Å². The summed E-state index contributed by atoms with van der Waals surface area (Å²) in [7, 11) is 0. The number of hydrogen-bond donors (Lipinski definition) is 2. The Labute approximate surface area is 179 Å². The number of benzene rings is 2. The predicted molar refractivity (Wildman–Crippen MR) is 119 cm³/mol. The molecule has 2 aromatic carbocycles. The Bertz CT molecular complexity index is 1060. The summed E-state index contributed by atoms with van der Waals surface area (Å²) in [6, 6.07) is 12.8. The first-order valence-corrected chi connectivity index (χ1v) is 10.9. The number of nitrogens with zero attached hydrogens (tertiary/aromatic N) is 1. The summed E-state index contributed by atoms with van der Waals surface area (Å²) in [6.45, 7) is 5.11. The van der Waals surface area contributed by atoms with E-state index in [1.54, 1.807) is 6.07 Å². The number of hydrogen-bond acceptors (Lipinski definition) is 6. The number of carbonyl (C=O) groups excluding carboxylic acids is 2. The zero-order chi connectivity index (χ0) is 20.9. The highest BCUT2D eigenvalue weighted by molar-refractivity contribution is 7.17. The predicted octanol–water partition coefficient (Wildman–Crippen LogP) is 3.54. The van der Waals surface area contributed by atoms with Gasteiger partial charge in [-0.3, -0.25) is 14.5 Å². The van der Waals surface area contributed by atoms with Gasteiger partial charge >= 0.3 is 0 Å². The van der Waals surface area contributed by atoms with Crippen molar-refractivity contribution in [1.29, 1.82) is 0 Å². The Morgan fingerprint density at radius 3 is 2.80 bits per heavy atom. The summed E-state index contributed by atoms with van der Waals surface area (Å²) < 4.78 is 5.34. The first kappa shape index (κ1) is 20.5. The van der Waals surface area contributed by atoms with Gasteiger partial charge in [-0.15, -0.1) is 11.3 Å². The highest BCUT2D eigenvalue weighted by Gasteiger charge is 2.13. The molecule has 0 bridgehead atoms. The topological polar surface area (TPSA) is 78.9 Å². The molecule has 0 atom stereocenters. The van der Waals surface area contributed by atoms with E-state index in [4.69, 9.17) is 4.74 Å². The van der Waals surface area contributed by atoms with E-state index in [1.165, 1.54) is 17.4 Å². The number of nitrogens with one attached hydrogen (secondary N) is 1. The molecule has 1 amide bonds. The monoisotopic (exact) mass is 424 g/mol. The lowest BCUT2D eigenvalue weighted by Gasteiger charge is -2.26. The fourth-order valence-electron chi connectivity index (χ4n) is 3.65. The van der Waals surface area contributed by atoms with Crippen LogP contribution in [0.1, 0.15) is 26.5 Å². The second-order valence-corrected chi connectivity index (χ2v) is 8.36. The van der Waals surface area contributed by atoms with Crippen LogP contribution in [0.4, 0.5) is 0 Å². The smallest absolute Gasteiger partial charge is 0.261 e. The molecule has 1 fully saturated rings. The van der Waals surface area contributed by atoms with Gasteiger partial charge in [0.1, 0.15) is 5.75 Å². The van der Waals surface area contributed by atoms with Gasteiger partial charge in [-0.05, 0) is 53.6 Å². The molecule has 0 aliphatic carbocycles. The average molecular weight is 425 g/mol. The molecule has 0 unspecified atom stereocenters. The molecule has 4 rings (SSSR count). The van der Waals surface area contributed by atoms with Crippen molar-refractivity contribution in [2.45, 2.75) is 6.42 Å². The van der Waals surface area contributed by atoms with E-state index in [-0.39, 0.29) is 11.7 Å². The minimum Gasteiger partial charge on any atom is -0.507 e. The summed E-state index contributed by atoms with van der Waals surface area (Å²) in [6.07, 6.45) is 1.59. The summed E-state index contributed by atoms with van der Waals surface area (Å²) >= 11 is 1.44. The summed E-state index contributed by atoms with van der Waals surface area (Å²) in [4.78, 5) is 27.7. The Morgan fingerprint density at radius 2 is 2.00 bits per heavy atom. The van der Waals surface area contributed by atoms with Crippen molar-refractivity contribution in [3.8, 4) is 16.2 Å². The molecule has 1 saturated heterocycles. The van der Waals surface area contributed by atoms with Gasteiger partial charge in [0.15, 0.2) is 6.29 Å². The molecule has 0 saturated carbocycles. The van der Waals surface area contributed by atoms with Crippen molar-refractivity contribution in [2.24, 2.45) is 0 Å². The van der Waals surface area contributed by atoms with Crippen LogP contribution in [-0.2, 0) is 4.74 Å². The van der Waals surface area contributed by atoms with Gasteiger partial charge in [0, 0.05) is 24.5 Å². The number of amides is 1. The fraction of sp³-hybridized carbons (Fsp3) is 0.304. The molecule has 156 valence electrons. The van der Waals surface area contributed by atoms with E-state index >= 15 is 0 Å². The number of aromatic hydroxyl groups is 1. The summed E-state index contributed by atoms with van der Waals surface area (Å²) in [5.74, 6) is -0.0730. The van der Waals surface area contributed by atoms with Gasteiger partial charge in [0.05, 0.1) is 23.7 Å². The lowest BCUT2D eigenvalue weighted by molar-refractivity contribution is 0.0374. The maximum absolute atomic E-state index is 12.5. The number of thiophene rings is 1. The first-order valence-electron chi connectivity index (χ1n) is 10.0. The van der Waals surface area contributed by atoms with Crippen molar-refractivity contribution < 1.29 is 19.4 Å². The SMILES string of the molecule is O=Cc1c(O)ccc2cc(-c3ccc(C(=O)NCCCN4CCOCC4)s3)ccc12. The van der Waals surface area contributed by atoms with E-state index in [0.29, 0.717) is 28.7 Å². The quantitative estimate of drug-likeness (QED) is 0.448. The van der Waals surface area contributed by atoms with Gasteiger partial charge in [-0.1, -0.05) is 18.2 Å². The number of fused-ring (bicyclic) bond motifs is 1. The van der Waals surface area contributed by atoms with Crippen LogP contribution in [0.2, 0.25) is 0 Å². The largest absolute Gasteiger partial charge is 0.507 e. The third kappa shape index (κ3) is 4.53. The molecule has 2 heterocycles. The number of aldehydes is 1. The maximum atomic E-state index is 12.5. The standard InChI is InChI=1S/C23H24N2O4S/c26-15-19-18-4-2-17(14-16(18)3-5-20(19)27)21-6-7-22(30-21)23(28)24-8-1-9-25-10-12-29-13-11-25/h2-7,14-15,27H,1,8-13H2,(H,24,28). The van der Waals surface area contributed by atoms with E-state index in [9.17, 15) is 14.7 Å². The second kappa shape index (κ2) is 9.38. The van der Waals surface area contributed by atoms with Crippen molar-refractivity contribution >= 4 is 34.3 Å². The Hall–Kier alpha value is -2.74. The van der Waals surface area contributed by atoms with Crippen LogP contribution in [0.5, 0.6) is 5.75 Å². The number of phenols is 1. The molecule has 1 aliphatic heterocycles. The molecular formula is C23H24N2O4S. The number of phenolic OH excluding ortho intramolecular Hbond substituents is 1. The Morgan fingerprint density at radius 1 is 1.17 bits per heavy atom. The zero-order valence-corrected chi connectivity index (χ0v) is 17.4. The van der Waals surface area contributed by atoms with Crippen LogP contribution in [0.15, 0.2) is 42.5 Å². The molecule has 6 nitrogen and oxygen atoms in total. The van der Waals surface area contributed by atoms with Crippen molar-refractivity contribution in [1.82, 2.24) is 10.2 Å². The fourth-order valence-corrected chi connectivity index (χ4v) is 4.57. The van der Waals surface area contributed by atoms with Crippen LogP contribution in [0, 0.1) is 0 Å². The van der Waals surface area contributed by atoms with Crippen LogP contribution in [0.25, 0.3) is 21.2 Å². The normalized spacial score (nSPS) is 14.7. The van der Waals surface area contributed by atoms with Crippen LogP contribution < -0.4 is 5.32 Å². The molecular weight excluding hydrogens is 400 g/mol. The summed E-state index contributed by atoms with van der Waals surface area (Å²) in [5.41, 5.74) is 1.27. The van der Waals surface area contributed by atoms with Gasteiger partial charge in [-0.25, -0.2) is 0 Å². The third-order valence-electron chi connectivity index (χ3n) is 5.31. The van der Waals surface area contributed by atoms with Crippen molar-refractivity contribution in [3.63, 3.8) is 0 Å². The van der Waals surface area contributed by atoms with E-state index in [0.717, 1.165) is 55.1 Å². The van der Waals surface area contributed by atoms with Crippen molar-refractivity contribution in [3.05, 3.63) is 52.9 Å². The van der Waals surface area contributed by atoms with Crippen LogP contribution in [0.3, 0.4) is 0 Å². The highest BCUT2D eigenvalue weighted by Crippen LogP contribution is 2.33. The Kier molecular flexibility index (Phi) is 6.42. The lowest BCUT2D eigenvalue weighted by atomic mass is 10.0. The molecule has 3 aromatic rings. The first-order chi connectivity index (χ1) is 14.7. The molecule has 30 heavy (non-hydrogen) atoms. The zero-order valence-electron chi connectivity index (χ0n) is 16.6. The highest BCUT2D eigenvalue weighted by atomic mass is 32.1.